The highest BCUT2D eigenvalue weighted by atomic mass is 19.1. The Bertz CT molecular complexity index is 310. The molecule has 1 aromatic rings. The van der Waals surface area contributed by atoms with Gasteiger partial charge in [-0.25, -0.2) is 4.39 Å². The number of aryl methyl sites for hydroxylation is 1. The third-order valence-electron chi connectivity index (χ3n) is 2.18. The first-order valence-corrected chi connectivity index (χ1v) is 5.50. The molecule has 1 aliphatic rings. The molecule has 1 heterocycles. The fraction of sp³-hybridized carbons (Fsp3) is 0.583. The van der Waals surface area contributed by atoms with Crippen molar-refractivity contribution in [2.24, 2.45) is 5.92 Å². The number of nitrogens with zero attached hydrogens (tertiary/aromatic N) is 1. The van der Waals surface area contributed by atoms with Gasteiger partial charge >= 0.3 is 0 Å². The number of ether oxygens (including phenoxy) is 1. The summed E-state index contributed by atoms with van der Waals surface area (Å²) in [6.45, 7) is 6.52. The normalized spacial score (nSPS) is 14.1. The number of halogens is 1. The number of rotatable bonds is 3. The summed E-state index contributed by atoms with van der Waals surface area (Å²) in [4.78, 5) is 3.88. The SMILES string of the molecule is CC.Cc1ncc(F)cc1OCC1CC1. The van der Waals surface area contributed by atoms with Gasteiger partial charge in [0, 0.05) is 6.07 Å². The highest BCUT2D eigenvalue weighted by molar-refractivity contribution is 5.26. The van der Waals surface area contributed by atoms with Crippen molar-refractivity contribution in [1.29, 1.82) is 0 Å². The second-order valence-corrected chi connectivity index (χ2v) is 3.49. The Kier molecular flexibility index (Phi) is 4.53. The van der Waals surface area contributed by atoms with Gasteiger partial charge in [0.05, 0.1) is 18.5 Å². The van der Waals surface area contributed by atoms with Crippen LogP contribution in [0.5, 0.6) is 5.75 Å². The standard InChI is InChI=1S/C10H12FNO.C2H6/c1-7-10(4-9(11)5-12-7)13-6-8-2-3-8;1-2/h4-5,8H,2-3,6H2,1H3;1-2H3. The van der Waals surface area contributed by atoms with E-state index in [1.807, 2.05) is 20.8 Å². The lowest BCUT2D eigenvalue weighted by Crippen LogP contribution is -2.01. The first-order chi connectivity index (χ1) is 7.25. The maximum Gasteiger partial charge on any atom is 0.145 e. The Balaban J connectivity index is 0.000000531. The molecule has 1 saturated carbocycles. The van der Waals surface area contributed by atoms with Crippen LogP contribution in [0.15, 0.2) is 12.3 Å². The van der Waals surface area contributed by atoms with E-state index >= 15 is 0 Å². The van der Waals surface area contributed by atoms with Crippen LogP contribution in [0.4, 0.5) is 4.39 Å². The minimum atomic E-state index is -0.337. The average molecular weight is 211 g/mol. The van der Waals surface area contributed by atoms with Gasteiger partial charge in [-0.05, 0) is 25.7 Å². The molecule has 2 rings (SSSR count). The highest BCUT2D eigenvalue weighted by Gasteiger charge is 2.22. The van der Waals surface area contributed by atoms with E-state index in [4.69, 9.17) is 4.74 Å². The molecule has 84 valence electrons. The molecule has 0 saturated heterocycles. The van der Waals surface area contributed by atoms with Crippen LogP contribution in [0.1, 0.15) is 32.4 Å². The van der Waals surface area contributed by atoms with Crippen molar-refractivity contribution in [3.63, 3.8) is 0 Å². The second-order valence-electron chi connectivity index (χ2n) is 3.49. The Morgan fingerprint density at radius 1 is 1.47 bits per heavy atom. The fourth-order valence-electron chi connectivity index (χ4n) is 1.13. The zero-order chi connectivity index (χ0) is 11.3. The summed E-state index contributed by atoms with van der Waals surface area (Å²) in [7, 11) is 0. The van der Waals surface area contributed by atoms with Crippen LogP contribution in [0.2, 0.25) is 0 Å². The van der Waals surface area contributed by atoms with E-state index in [2.05, 4.69) is 4.98 Å². The Labute approximate surface area is 90.5 Å². The largest absolute Gasteiger partial charge is 0.491 e. The number of aromatic nitrogens is 1. The van der Waals surface area contributed by atoms with Crippen LogP contribution in [0.25, 0.3) is 0 Å². The molecule has 0 aromatic carbocycles. The third kappa shape index (κ3) is 3.86. The molecule has 0 unspecified atom stereocenters. The summed E-state index contributed by atoms with van der Waals surface area (Å²) in [5, 5.41) is 0. The number of hydrogen-bond donors (Lipinski definition) is 0. The average Bonchev–Trinajstić information content (AvgIpc) is 3.06. The van der Waals surface area contributed by atoms with E-state index in [0.717, 1.165) is 5.69 Å². The van der Waals surface area contributed by atoms with Crippen molar-refractivity contribution in [3.05, 3.63) is 23.8 Å². The van der Waals surface area contributed by atoms with Gasteiger partial charge in [0.2, 0.25) is 0 Å². The lowest BCUT2D eigenvalue weighted by atomic mass is 10.3. The molecule has 0 amide bonds. The third-order valence-corrected chi connectivity index (χ3v) is 2.18. The molecular formula is C12H18FNO. The maximum absolute atomic E-state index is 12.7. The van der Waals surface area contributed by atoms with E-state index in [1.165, 1.54) is 25.1 Å². The van der Waals surface area contributed by atoms with Crippen molar-refractivity contribution < 1.29 is 9.13 Å². The number of pyridine rings is 1. The minimum Gasteiger partial charge on any atom is -0.491 e. The van der Waals surface area contributed by atoms with Crippen LogP contribution in [-0.4, -0.2) is 11.6 Å². The van der Waals surface area contributed by atoms with Crippen LogP contribution in [0, 0.1) is 18.7 Å². The van der Waals surface area contributed by atoms with Gasteiger partial charge in [0.1, 0.15) is 11.6 Å². The van der Waals surface area contributed by atoms with E-state index in [-0.39, 0.29) is 5.82 Å². The van der Waals surface area contributed by atoms with Crippen LogP contribution >= 0.6 is 0 Å². The molecule has 1 aromatic heterocycles. The smallest absolute Gasteiger partial charge is 0.145 e. The maximum atomic E-state index is 12.7. The zero-order valence-electron chi connectivity index (χ0n) is 9.59. The van der Waals surface area contributed by atoms with Gasteiger partial charge in [-0.15, -0.1) is 0 Å². The molecule has 0 aliphatic heterocycles. The van der Waals surface area contributed by atoms with Crippen molar-refractivity contribution in [2.45, 2.75) is 33.6 Å². The van der Waals surface area contributed by atoms with Crippen LogP contribution < -0.4 is 4.74 Å². The van der Waals surface area contributed by atoms with Crippen LogP contribution in [-0.2, 0) is 0 Å². The van der Waals surface area contributed by atoms with Gasteiger partial charge < -0.3 is 4.74 Å². The quantitative estimate of drug-likeness (QED) is 0.765. The van der Waals surface area contributed by atoms with E-state index < -0.39 is 0 Å². The monoisotopic (exact) mass is 211 g/mol. The fourth-order valence-corrected chi connectivity index (χ4v) is 1.13. The Morgan fingerprint density at radius 3 is 2.73 bits per heavy atom. The number of hydrogen-bond acceptors (Lipinski definition) is 2. The van der Waals surface area contributed by atoms with Crippen molar-refractivity contribution in [3.8, 4) is 5.75 Å². The predicted molar refractivity (Wildman–Crippen MR) is 58.5 cm³/mol. The van der Waals surface area contributed by atoms with Crippen molar-refractivity contribution in [2.75, 3.05) is 6.61 Å². The summed E-state index contributed by atoms with van der Waals surface area (Å²) >= 11 is 0. The predicted octanol–water partition coefficient (Wildman–Crippen LogP) is 3.34. The molecular weight excluding hydrogens is 193 g/mol. The van der Waals surface area contributed by atoms with Gasteiger partial charge in [-0.2, -0.15) is 0 Å². The Morgan fingerprint density at radius 2 is 2.13 bits per heavy atom. The van der Waals surface area contributed by atoms with Crippen LogP contribution in [0.3, 0.4) is 0 Å². The minimum absolute atomic E-state index is 0.337. The van der Waals surface area contributed by atoms with Gasteiger partial charge in [-0.3, -0.25) is 4.98 Å². The van der Waals surface area contributed by atoms with Gasteiger partial charge in [0.25, 0.3) is 0 Å². The van der Waals surface area contributed by atoms with Gasteiger partial charge in [-0.1, -0.05) is 13.8 Å². The molecule has 15 heavy (non-hydrogen) atoms. The lowest BCUT2D eigenvalue weighted by Gasteiger charge is -2.06. The first kappa shape index (κ1) is 12.0. The molecule has 0 radical (unpaired) electrons. The van der Waals surface area contributed by atoms with Crippen molar-refractivity contribution in [1.82, 2.24) is 4.98 Å². The summed E-state index contributed by atoms with van der Waals surface area (Å²) in [6, 6.07) is 1.39. The molecule has 0 spiro atoms. The summed E-state index contributed by atoms with van der Waals surface area (Å²) in [6.07, 6.45) is 3.68. The van der Waals surface area contributed by atoms with E-state index in [1.54, 1.807) is 0 Å². The molecule has 1 aliphatic carbocycles. The molecule has 2 nitrogen and oxygen atoms in total. The molecule has 3 heteroatoms. The first-order valence-electron chi connectivity index (χ1n) is 5.50. The van der Waals surface area contributed by atoms with E-state index in [9.17, 15) is 4.39 Å². The molecule has 0 N–H and O–H groups in total. The van der Waals surface area contributed by atoms with E-state index in [0.29, 0.717) is 18.3 Å². The summed E-state index contributed by atoms with van der Waals surface area (Å²) in [5.41, 5.74) is 0.752. The summed E-state index contributed by atoms with van der Waals surface area (Å²) < 4.78 is 18.2. The lowest BCUT2D eigenvalue weighted by molar-refractivity contribution is 0.294. The molecule has 1 fully saturated rings. The second kappa shape index (κ2) is 5.69. The molecule has 0 atom stereocenters. The summed E-state index contributed by atoms with van der Waals surface area (Å²) in [5.74, 6) is 0.922. The zero-order valence-corrected chi connectivity index (χ0v) is 9.59. The van der Waals surface area contributed by atoms with Crippen molar-refractivity contribution >= 4 is 0 Å². The topological polar surface area (TPSA) is 22.1 Å². The Hall–Kier alpha value is -1.12. The molecule has 0 bridgehead atoms. The van der Waals surface area contributed by atoms with Gasteiger partial charge in [0.15, 0.2) is 0 Å². The highest BCUT2D eigenvalue weighted by Crippen LogP contribution is 2.30.